The molecule has 0 radical (unpaired) electrons. The SMILES string of the molecule is COCCNC(=O)c1c(N)n(N=Cc2ccc(OC)c(OC)c2)c2nc3ccccc3nc12. The molecule has 170 valence electrons. The van der Waals surface area contributed by atoms with Gasteiger partial charge < -0.3 is 25.3 Å². The van der Waals surface area contributed by atoms with Gasteiger partial charge in [0.15, 0.2) is 17.1 Å². The minimum atomic E-state index is -0.376. The van der Waals surface area contributed by atoms with E-state index in [4.69, 9.17) is 19.9 Å². The number of carbonyl (C=O) groups excluding carboxylic acids is 1. The number of anilines is 1. The Morgan fingerprint density at radius 3 is 2.52 bits per heavy atom. The monoisotopic (exact) mass is 448 g/mol. The third kappa shape index (κ3) is 4.28. The van der Waals surface area contributed by atoms with E-state index in [9.17, 15) is 4.79 Å². The van der Waals surface area contributed by atoms with Gasteiger partial charge in [-0.1, -0.05) is 12.1 Å². The van der Waals surface area contributed by atoms with Crippen molar-refractivity contribution in [3.05, 3.63) is 53.6 Å². The van der Waals surface area contributed by atoms with Crippen LogP contribution in [0.4, 0.5) is 5.82 Å². The van der Waals surface area contributed by atoms with E-state index in [2.05, 4.69) is 20.4 Å². The molecule has 0 fully saturated rings. The van der Waals surface area contributed by atoms with Gasteiger partial charge in [-0.2, -0.15) is 9.78 Å². The molecule has 0 spiro atoms. The number of nitrogens with one attached hydrogen (secondary N) is 1. The lowest BCUT2D eigenvalue weighted by Gasteiger charge is -2.07. The number of aromatic nitrogens is 3. The summed E-state index contributed by atoms with van der Waals surface area (Å²) in [6, 6.07) is 12.8. The molecule has 4 rings (SSSR count). The Morgan fingerprint density at radius 1 is 1.09 bits per heavy atom. The van der Waals surface area contributed by atoms with Crippen LogP contribution >= 0.6 is 0 Å². The molecule has 10 heteroatoms. The summed E-state index contributed by atoms with van der Waals surface area (Å²) in [5.74, 6) is 0.926. The molecule has 2 aromatic heterocycles. The summed E-state index contributed by atoms with van der Waals surface area (Å²) in [5.41, 5.74) is 9.39. The molecule has 1 amide bonds. The first-order valence-electron chi connectivity index (χ1n) is 10.2. The van der Waals surface area contributed by atoms with Crippen LogP contribution in [0.1, 0.15) is 15.9 Å². The molecule has 33 heavy (non-hydrogen) atoms. The number of carbonyl (C=O) groups is 1. The van der Waals surface area contributed by atoms with Crippen molar-refractivity contribution < 1.29 is 19.0 Å². The second-order valence-electron chi connectivity index (χ2n) is 7.06. The van der Waals surface area contributed by atoms with Gasteiger partial charge in [-0.3, -0.25) is 4.79 Å². The van der Waals surface area contributed by atoms with E-state index in [-0.39, 0.29) is 17.3 Å². The highest BCUT2D eigenvalue weighted by atomic mass is 16.5. The number of amides is 1. The summed E-state index contributed by atoms with van der Waals surface area (Å²) in [5, 5.41) is 7.29. The molecule has 0 aliphatic carbocycles. The van der Waals surface area contributed by atoms with Gasteiger partial charge in [0.2, 0.25) is 0 Å². The minimum Gasteiger partial charge on any atom is -0.493 e. The topological polar surface area (TPSA) is 126 Å². The van der Waals surface area contributed by atoms with Crippen LogP contribution in [0, 0.1) is 0 Å². The van der Waals surface area contributed by atoms with Crippen molar-refractivity contribution in [3.8, 4) is 11.5 Å². The van der Waals surface area contributed by atoms with Crippen molar-refractivity contribution in [3.63, 3.8) is 0 Å². The molecule has 3 N–H and O–H groups in total. The third-order valence-corrected chi connectivity index (χ3v) is 5.02. The molecule has 10 nitrogen and oxygen atoms in total. The van der Waals surface area contributed by atoms with E-state index in [1.165, 1.54) is 4.68 Å². The number of nitrogen functional groups attached to an aromatic ring is 1. The Bertz CT molecular complexity index is 1350. The predicted molar refractivity (Wildman–Crippen MR) is 126 cm³/mol. The van der Waals surface area contributed by atoms with Gasteiger partial charge in [-0.05, 0) is 35.9 Å². The van der Waals surface area contributed by atoms with Crippen LogP contribution in [0.25, 0.3) is 22.2 Å². The van der Waals surface area contributed by atoms with Crippen LogP contribution < -0.4 is 20.5 Å². The molecular formula is C23H24N6O4. The maximum absolute atomic E-state index is 12.9. The van der Waals surface area contributed by atoms with E-state index in [0.717, 1.165) is 5.56 Å². The number of hydrogen-bond donors (Lipinski definition) is 2. The molecule has 0 unspecified atom stereocenters. The Morgan fingerprint density at radius 2 is 1.82 bits per heavy atom. The molecule has 0 atom stereocenters. The number of nitrogens with zero attached hydrogens (tertiary/aromatic N) is 4. The Hall–Kier alpha value is -4.18. The maximum atomic E-state index is 12.9. The maximum Gasteiger partial charge on any atom is 0.257 e. The zero-order chi connectivity index (χ0) is 23.4. The molecule has 0 saturated carbocycles. The van der Waals surface area contributed by atoms with Crippen molar-refractivity contribution >= 4 is 40.1 Å². The Labute approximate surface area is 190 Å². The number of hydrogen-bond acceptors (Lipinski definition) is 8. The van der Waals surface area contributed by atoms with Crippen LogP contribution in [0.5, 0.6) is 11.5 Å². The second kappa shape index (κ2) is 9.53. The normalized spacial score (nSPS) is 11.4. The molecular weight excluding hydrogens is 424 g/mol. The number of rotatable bonds is 8. The number of benzene rings is 2. The van der Waals surface area contributed by atoms with E-state index >= 15 is 0 Å². The van der Waals surface area contributed by atoms with Gasteiger partial charge >= 0.3 is 0 Å². The average Bonchev–Trinajstić information content (AvgIpc) is 3.11. The largest absolute Gasteiger partial charge is 0.493 e. The summed E-state index contributed by atoms with van der Waals surface area (Å²) in [7, 11) is 4.69. The highest BCUT2D eigenvalue weighted by molar-refractivity contribution is 6.10. The van der Waals surface area contributed by atoms with Gasteiger partial charge in [0.1, 0.15) is 16.9 Å². The fourth-order valence-electron chi connectivity index (χ4n) is 3.40. The number of fused-ring (bicyclic) bond motifs is 2. The predicted octanol–water partition coefficient (Wildman–Crippen LogP) is 2.44. The first-order chi connectivity index (χ1) is 16.1. The lowest BCUT2D eigenvalue weighted by molar-refractivity contribution is 0.0939. The van der Waals surface area contributed by atoms with E-state index < -0.39 is 0 Å². The van der Waals surface area contributed by atoms with Gasteiger partial charge in [0.25, 0.3) is 5.91 Å². The molecule has 0 aliphatic rings. The minimum absolute atomic E-state index is 0.131. The summed E-state index contributed by atoms with van der Waals surface area (Å²) in [6.45, 7) is 0.702. The van der Waals surface area contributed by atoms with E-state index in [1.807, 2.05) is 30.3 Å². The molecule has 2 heterocycles. The summed E-state index contributed by atoms with van der Waals surface area (Å²) >= 11 is 0. The highest BCUT2D eigenvalue weighted by Gasteiger charge is 2.23. The fourth-order valence-corrected chi connectivity index (χ4v) is 3.40. The quantitative estimate of drug-likeness (QED) is 0.313. The van der Waals surface area contributed by atoms with Crippen molar-refractivity contribution in [1.29, 1.82) is 0 Å². The molecule has 2 aromatic carbocycles. The molecule has 0 bridgehead atoms. The van der Waals surface area contributed by atoms with Crippen LogP contribution in [-0.2, 0) is 4.74 Å². The molecule has 0 aliphatic heterocycles. The van der Waals surface area contributed by atoms with Crippen molar-refractivity contribution in [2.45, 2.75) is 0 Å². The first-order valence-corrected chi connectivity index (χ1v) is 10.2. The number of para-hydroxylation sites is 2. The summed E-state index contributed by atoms with van der Waals surface area (Å²) in [6.07, 6.45) is 1.60. The fraction of sp³-hybridized carbons (Fsp3) is 0.217. The third-order valence-electron chi connectivity index (χ3n) is 5.02. The zero-order valence-corrected chi connectivity index (χ0v) is 18.5. The van der Waals surface area contributed by atoms with Crippen LogP contribution in [0.3, 0.4) is 0 Å². The lowest BCUT2D eigenvalue weighted by atomic mass is 10.2. The van der Waals surface area contributed by atoms with Gasteiger partial charge in [-0.15, -0.1) is 0 Å². The standard InChI is InChI=1S/C23H24N6O4/c1-31-11-10-25-23(30)19-20-22(28-16-7-5-4-6-15(16)27-20)29(21(19)24)26-13-14-8-9-17(32-2)18(12-14)33-3/h4-9,12-13H,10-11,24H2,1-3H3,(H,25,30). The first kappa shape index (κ1) is 22.0. The Balaban J connectivity index is 1.83. The van der Waals surface area contributed by atoms with Crippen molar-refractivity contribution in [2.75, 3.05) is 40.2 Å². The average molecular weight is 448 g/mol. The lowest BCUT2D eigenvalue weighted by Crippen LogP contribution is -2.27. The van der Waals surface area contributed by atoms with Crippen LogP contribution in [-0.4, -0.2) is 61.2 Å². The van der Waals surface area contributed by atoms with Gasteiger partial charge in [-0.25, -0.2) is 9.97 Å². The molecule has 4 aromatic rings. The smallest absolute Gasteiger partial charge is 0.257 e. The zero-order valence-electron chi connectivity index (χ0n) is 18.5. The van der Waals surface area contributed by atoms with Crippen LogP contribution in [0.2, 0.25) is 0 Å². The summed E-state index contributed by atoms with van der Waals surface area (Å²) < 4.78 is 17.0. The van der Waals surface area contributed by atoms with Gasteiger partial charge in [0.05, 0.1) is 38.1 Å². The van der Waals surface area contributed by atoms with Crippen molar-refractivity contribution in [1.82, 2.24) is 20.0 Å². The van der Waals surface area contributed by atoms with Crippen molar-refractivity contribution in [2.24, 2.45) is 5.10 Å². The Kier molecular flexibility index (Phi) is 6.36. The number of nitrogens with two attached hydrogens (primary N) is 1. The summed E-state index contributed by atoms with van der Waals surface area (Å²) in [4.78, 5) is 22.2. The van der Waals surface area contributed by atoms with Crippen LogP contribution in [0.15, 0.2) is 47.6 Å². The van der Waals surface area contributed by atoms with E-state index in [1.54, 1.807) is 39.7 Å². The van der Waals surface area contributed by atoms with Gasteiger partial charge in [0, 0.05) is 13.7 Å². The number of methoxy groups -OCH3 is 3. The number of ether oxygens (including phenoxy) is 3. The van der Waals surface area contributed by atoms with E-state index in [0.29, 0.717) is 46.8 Å². The molecule has 0 saturated heterocycles. The highest BCUT2D eigenvalue weighted by Crippen LogP contribution is 2.29. The second-order valence-corrected chi connectivity index (χ2v) is 7.06.